The monoisotopic (exact) mass is 387 g/mol. The fraction of sp³-hybridized carbons (Fsp3) is 0.333. The Morgan fingerprint density at radius 2 is 1.70 bits per heavy atom. The Bertz CT molecular complexity index is 815. The minimum atomic E-state index is -0.752. The van der Waals surface area contributed by atoms with Crippen molar-refractivity contribution >= 4 is 23.5 Å². The van der Waals surface area contributed by atoms with Crippen LogP contribution in [-0.2, 0) is 11.4 Å². The predicted octanol–water partition coefficient (Wildman–Crippen LogP) is 4.29. The first-order chi connectivity index (χ1) is 13.0. The standard InChI is InChI=1S/C21H22ClNO4/c22-18-7-3-1-5-15(18)13-27-19-8-4-2-6-17(19)20(24)23-16-11-9-14(10-12-16)21(25)26/h1-8,14,16H,9-13H2,(H,23,24)(H,25,26). The molecular weight excluding hydrogens is 366 g/mol. The summed E-state index contributed by atoms with van der Waals surface area (Å²) >= 11 is 6.15. The van der Waals surface area contributed by atoms with Gasteiger partial charge in [0.2, 0.25) is 0 Å². The van der Waals surface area contributed by atoms with Crippen molar-refractivity contribution in [3.05, 3.63) is 64.7 Å². The molecule has 1 aliphatic rings. The van der Waals surface area contributed by atoms with E-state index in [4.69, 9.17) is 21.4 Å². The molecule has 142 valence electrons. The number of aliphatic carboxylic acids is 1. The highest BCUT2D eigenvalue weighted by Crippen LogP contribution is 2.26. The number of nitrogens with one attached hydrogen (secondary N) is 1. The lowest BCUT2D eigenvalue weighted by Gasteiger charge is -2.27. The third kappa shape index (κ3) is 5.01. The van der Waals surface area contributed by atoms with Crippen LogP contribution in [0.25, 0.3) is 0 Å². The van der Waals surface area contributed by atoms with E-state index in [1.54, 1.807) is 24.3 Å². The molecule has 0 bridgehead atoms. The van der Waals surface area contributed by atoms with Crippen molar-refractivity contribution in [1.29, 1.82) is 0 Å². The summed E-state index contributed by atoms with van der Waals surface area (Å²) in [5.74, 6) is -0.764. The highest BCUT2D eigenvalue weighted by Gasteiger charge is 2.27. The Hall–Kier alpha value is -2.53. The average molecular weight is 388 g/mol. The van der Waals surface area contributed by atoms with Crippen molar-refractivity contribution in [1.82, 2.24) is 5.32 Å². The van der Waals surface area contributed by atoms with Crippen molar-refractivity contribution < 1.29 is 19.4 Å². The van der Waals surface area contributed by atoms with Crippen LogP contribution >= 0.6 is 11.6 Å². The van der Waals surface area contributed by atoms with Gasteiger partial charge in [-0.2, -0.15) is 0 Å². The van der Waals surface area contributed by atoms with Crippen molar-refractivity contribution in [2.24, 2.45) is 5.92 Å². The molecule has 2 N–H and O–H groups in total. The molecule has 1 fully saturated rings. The molecule has 2 aromatic carbocycles. The van der Waals surface area contributed by atoms with E-state index in [0.29, 0.717) is 42.0 Å². The number of para-hydroxylation sites is 1. The highest BCUT2D eigenvalue weighted by molar-refractivity contribution is 6.31. The molecular formula is C21H22ClNO4. The molecule has 1 saturated carbocycles. The number of amides is 1. The molecule has 27 heavy (non-hydrogen) atoms. The first-order valence-corrected chi connectivity index (χ1v) is 9.41. The van der Waals surface area contributed by atoms with Crippen molar-refractivity contribution in [3.63, 3.8) is 0 Å². The van der Waals surface area contributed by atoms with E-state index >= 15 is 0 Å². The van der Waals surface area contributed by atoms with Crippen molar-refractivity contribution in [2.75, 3.05) is 0 Å². The average Bonchev–Trinajstić information content (AvgIpc) is 2.68. The molecule has 0 spiro atoms. The first-order valence-electron chi connectivity index (χ1n) is 9.03. The summed E-state index contributed by atoms with van der Waals surface area (Å²) in [6.07, 6.45) is 2.52. The smallest absolute Gasteiger partial charge is 0.306 e. The molecule has 0 unspecified atom stereocenters. The number of benzene rings is 2. The lowest BCUT2D eigenvalue weighted by Crippen LogP contribution is -2.38. The second-order valence-corrected chi connectivity index (χ2v) is 7.14. The highest BCUT2D eigenvalue weighted by atomic mass is 35.5. The number of rotatable bonds is 6. The summed E-state index contributed by atoms with van der Waals surface area (Å²) in [4.78, 5) is 23.7. The summed E-state index contributed by atoms with van der Waals surface area (Å²) in [6.45, 7) is 0.272. The van der Waals surface area contributed by atoms with Gasteiger partial charge >= 0.3 is 5.97 Å². The SMILES string of the molecule is O=C(NC1CCC(C(=O)O)CC1)c1ccccc1OCc1ccccc1Cl. The minimum absolute atomic E-state index is 0.00951. The first kappa shape index (κ1) is 19.2. The van der Waals surface area contributed by atoms with Crippen LogP contribution in [0.1, 0.15) is 41.6 Å². The number of carboxylic acids is 1. The number of halogens is 1. The van der Waals surface area contributed by atoms with Crippen LogP contribution in [0.2, 0.25) is 5.02 Å². The van der Waals surface area contributed by atoms with E-state index in [0.717, 1.165) is 5.56 Å². The van der Waals surface area contributed by atoms with Gasteiger partial charge in [-0.05, 0) is 43.9 Å². The molecule has 0 saturated heterocycles. The lowest BCUT2D eigenvalue weighted by atomic mass is 9.86. The maximum atomic E-state index is 12.7. The van der Waals surface area contributed by atoms with E-state index in [1.807, 2.05) is 24.3 Å². The molecule has 5 nitrogen and oxygen atoms in total. The summed E-state index contributed by atoms with van der Waals surface area (Å²) in [6, 6.07) is 14.5. The largest absolute Gasteiger partial charge is 0.488 e. The van der Waals surface area contributed by atoms with Gasteiger partial charge in [0.05, 0.1) is 11.5 Å². The Morgan fingerprint density at radius 3 is 2.41 bits per heavy atom. The van der Waals surface area contributed by atoms with Crippen LogP contribution < -0.4 is 10.1 Å². The fourth-order valence-corrected chi connectivity index (χ4v) is 3.49. The zero-order chi connectivity index (χ0) is 19.2. The van der Waals surface area contributed by atoms with Crippen LogP contribution in [0.5, 0.6) is 5.75 Å². The van der Waals surface area contributed by atoms with Crippen LogP contribution in [0.3, 0.4) is 0 Å². The van der Waals surface area contributed by atoms with Crippen LogP contribution in [0.4, 0.5) is 0 Å². The zero-order valence-corrected chi connectivity index (χ0v) is 15.6. The van der Waals surface area contributed by atoms with Crippen LogP contribution in [0.15, 0.2) is 48.5 Å². The normalized spacial score (nSPS) is 19.3. The van der Waals surface area contributed by atoms with Gasteiger partial charge in [0, 0.05) is 16.6 Å². The Labute approximate surface area is 163 Å². The quantitative estimate of drug-likeness (QED) is 0.775. The van der Waals surface area contributed by atoms with Gasteiger partial charge in [0.15, 0.2) is 0 Å². The maximum Gasteiger partial charge on any atom is 0.306 e. The number of ether oxygens (including phenoxy) is 1. The van der Waals surface area contributed by atoms with Gasteiger partial charge in [-0.25, -0.2) is 0 Å². The van der Waals surface area contributed by atoms with Crippen molar-refractivity contribution in [3.8, 4) is 5.75 Å². The molecule has 0 radical (unpaired) electrons. The predicted molar refractivity (Wildman–Crippen MR) is 103 cm³/mol. The number of carbonyl (C=O) groups excluding carboxylic acids is 1. The van der Waals surface area contributed by atoms with Gasteiger partial charge in [-0.15, -0.1) is 0 Å². The third-order valence-corrected chi connectivity index (χ3v) is 5.25. The number of carbonyl (C=O) groups is 2. The second kappa shape index (κ2) is 8.91. The van der Waals surface area contributed by atoms with Gasteiger partial charge in [-0.1, -0.05) is 41.9 Å². The Morgan fingerprint density at radius 1 is 1.04 bits per heavy atom. The molecule has 1 amide bonds. The lowest BCUT2D eigenvalue weighted by molar-refractivity contribution is -0.142. The molecule has 3 rings (SSSR count). The van der Waals surface area contributed by atoms with Gasteiger partial charge in [-0.3, -0.25) is 9.59 Å². The molecule has 0 aliphatic heterocycles. The summed E-state index contributed by atoms with van der Waals surface area (Å²) in [5.41, 5.74) is 1.31. The van der Waals surface area contributed by atoms with Gasteiger partial charge in [0.1, 0.15) is 12.4 Å². The zero-order valence-electron chi connectivity index (χ0n) is 14.9. The van der Waals surface area contributed by atoms with Gasteiger partial charge in [0.25, 0.3) is 5.91 Å². The summed E-state index contributed by atoms with van der Waals surface area (Å²) in [5, 5.41) is 12.7. The molecule has 0 heterocycles. The topological polar surface area (TPSA) is 75.6 Å². The molecule has 0 atom stereocenters. The van der Waals surface area contributed by atoms with Crippen LogP contribution in [-0.4, -0.2) is 23.0 Å². The van der Waals surface area contributed by atoms with E-state index in [9.17, 15) is 9.59 Å². The number of hydrogen-bond acceptors (Lipinski definition) is 3. The molecule has 6 heteroatoms. The van der Waals surface area contributed by atoms with E-state index in [1.165, 1.54) is 0 Å². The minimum Gasteiger partial charge on any atom is -0.488 e. The summed E-state index contributed by atoms with van der Waals surface area (Å²) < 4.78 is 5.84. The van der Waals surface area contributed by atoms with E-state index in [-0.39, 0.29) is 24.5 Å². The van der Waals surface area contributed by atoms with E-state index in [2.05, 4.69) is 5.32 Å². The van der Waals surface area contributed by atoms with Gasteiger partial charge < -0.3 is 15.2 Å². The fourth-order valence-electron chi connectivity index (χ4n) is 3.30. The molecule has 2 aromatic rings. The second-order valence-electron chi connectivity index (χ2n) is 6.74. The maximum absolute atomic E-state index is 12.7. The Kier molecular flexibility index (Phi) is 6.35. The van der Waals surface area contributed by atoms with Crippen molar-refractivity contribution in [2.45, 2.75) is 38.3 Å². The molecule has 0 aromatic heterocycles. The third-order valence-electron chi connectivity index (χ3n) is 4.88. The number of carboxylic acid groups (broad SMARTS) is 1. The van der Waals surface area contributed by atoms with Crippen LogP contribution in [0, 0.1) is 5.92 Å². The molecule has 1 aliphatic carbocycles. The van der Waals surface area contributed by atoms with E-state index < -0.39 is 5.97 Å². The summed E-state index contributed by atoms with van der Waals surface area (Å²) in [7, 11) is 0. The Balaban J connectivity index is 1.62. The number of hydrogen-bond donors (Lipinski definition) is 2.